The maximum Gasteiger partial charge on any atom is 0.224 e. The third kappa shape index (κ3) is 4.05. The quantitative estimate of drug-likeness (QED) is 0.904. The number of carbonyl (C=O) groups is 1. The van der Waals surface area contributed by atoms with Gasteiger partial charge in [-0.3, -0.25) is 9.78 Å². The second-order valence-electron chi connectivity index (χ2n) is 6.04. The summed E-state index contributed by atoms with van der Waals surface area (Å²) in [6.45, 7) is 4.63. The first-order valence-electron chi connectivity index (χ1n) is 7.29. The molecule has 0 unspecified atom stereocenters. The minimum atomic E-state index is 0.123. The van der Waals surface area contributed by atoms with Crippen molar-refractivity contribution < 1.29 is 4.79 Å². The van der Waals surface area contributed by atoms with Gasteiger partial charge in [-0.05, 0) is 42.7 Å². The fourth-order valence-corrected chi connectivity index (χ4v) is 2.78. The molecule has 3 heteroatoms. The van der Waals surface area contributed by atoms with E-state index in [1.165, 1.54) is 19.3 Å². The molecule has 0 spiro atoms. The predicted octanol–water partition coefficient (Wildman–Crippen LogP) is 3.10. The number of amides is 1. The van der Waals surface area contributed by atoms with Crippen LogP contribution in [0.4, 0.5) is 0 Å². The van der Waals surface area contributed by atoms with Crippen LogP contribution in [-0.2, 0) is 11.2 Å². The van der Waals surface area contributed by atoms with Crippen LogP contribution in [0, 0.1) is 5.41 Å². The van der Waals surface area contributed by atoms with Gasteiger partial charge in [-0.15, -0.1) is 0 Å². The van der Waals surface area contributed by atoms with E-state index in [-0.39, 0.29) is 5.91 Å². The van der Waals surface area contributed by atoms with Crippen molar-refractivity contribution in [1.29, 1.82) is 0 Å². The van der Waals surface area contributed by atoms with E-state index in [0.29, 0.717) is 17.9 Å². The predicted molar refractivity (Wildman–Crippen MR) is 76.7 cm³/mol. The van der Waals surface area contributed by atoms with Crippen molar-refractivity contribution in [1.82, 2.24) is 10.3 Å². The summed E-state index contributed by atoms with van der Waals surface area (Å²) in [5.41, 5.74) is 1.47. The summed E-state index contributed by atoms with van der Waals surface area (Å²) in [7, 11) is 0. The summed E-state index contributed by atoms with van der Waals surface area (Å²) in [4.78, 5) is 16.0. The number of aromatic nitrogens is 1. The van der Waals surface area contributed by atoms with Crippen molar-refractivity contribution in [2.45, 2.75) is 58.4 Å². The molecule has 1 saturated carbocycles. The molecule has 1 aliphatic rings. The molecule has 2 rings (SSSR count). The number of rotatable bonds is 4. The van der Waals surface area contributed by atoms with Crippen LogP contribution in [0.15, 0.2) is 24.5 Å². The molecule has 0 bridgehead atoms. The molecule has 1 heterocycles. The van der Waals surface area contributed by atoms with Gasteiger partial charge in [-0.25, -0.2) is 0 Å². The number of pyridine rings is 1. The van der Waals surface area contributed by atoms with Gasteiger partial charge in [0.05, 0.1) is 6.42 Å². The van der Waals surface area contributed by atoms with Gasteiger partial charge >= 0.3 is 0 Å². The first kappa shape index (κ1) is 14.0. The van der Waals surface area contributed by atoms with E-state index in [9.17, 15) is 4.79 Å². The van der Waals surface area contributed by atoms with E-state index in [0.717, 1.165) is 18.4 Å². The van der Waals surface area contributed by atoms with Crippen molar-refractivity contribution >= 4 is 5.91 Å². The lowest BCUT2D eigenvalue weighted by atomic mass is 9.72. The van der Waals surface area contributed by atoms with Gasteiger partial charge in [0.15, 0.2) is 0 Å². The summed E-state index contributed by atoms with van der Waals surface area (Å²) in [5.74, 6) is 0.123. The smallest absolute Gasteiger partial charge is 0.224 e. The zero-order valence-electron chi connectivity index (χ0n) is 12.0. The van der Waals surface area contributed by atoms with Gasteiger partial charge in [0.25, 0.3) is 0 Å². The van der Waals surface area contributed by atoms with E-state index in [2.05, 4.69) is 24.1 Å². The molecular formula is C16H24N2O. The van der Waals surface area contributed by atoms with E-state index in [1.54, 1.807) is 12.4 Å². The molecule has 0 atom stereocenters. The van der Waals surface area contributed by atoms with Gasteiger partial charge in [-0.1, -0.05) is 26.3 Å². The number of carbonyl (C=O) groups excluding carboxylic acids is 1. The van der Waals surface area contributed by atoms with Crippen LogP contribution < -0.4 is 5.32 Å². The first-order chi connectivity index (χ1) is 9.11. The highest BCUT2D eigenvalue weighted by Crippen LogP contribution is 2.38. The summed E-state index contributed by atoms with van der Waals surface area (Å²) < 4.78 is 0. The highest BCUT2D eigenvalue weighted by molar-refractivity contribution is 5.78. The Morgan fingerprint density at radius 3 is 2.79 bits per heavy atom. The van der Waals surface area contributed by atoms with Crippen molar-refractivity contribution in [2.24, 2.45) is 5.41 Å². The maximum atomic E-state index is 12.0. The molecule has 0 aliphatic heterocycles. The molecule has 1 N–H and O–H groups in total. The van der Waals surface area contributed by atoms with Crippen LogP contribution in [-0.4, -0.2) is 16.9 Å². The van der Waals surface area contributed by atoms with E-state index >= 15 is 0 Å². The lowest BCUT2D eigenvalue weighted by Gasteiger charge is -2.37. The SMILES string of the molecule is CCC1(C)CCC(NC(=O)Cc2cccnc2)CC1. The number of hydrogen-bond donors (Lipinski definition) is 1. The van der Waals surface area contributed by atoms with E-state index in [4.69, 9.17) is 0 Å². The number of nitrogens with zero attached hydrogens (tertiary/aromatic N) is 1. The fraction of sp³-hybridized carbons (Fsp3) is 0.625. The van der Waals surface area contributed by atoms with E-state index in [1.807, 2.05) is 12.1 Å². The molecular weight excluding hydrogens is 236 g/mol. The molecule has 3 nitrogen and oxygen atoms in total. The fourth-order valence-electron chi connectivity index (χ4n) is 2.78. The van der Waals surface area contributed by atoms with E-state index < -0.39 is 0 Å². The van der Waals surface area contributed by atoms with Gasteiger partial charge in [0.2, 0.25) is 5.91 Å². The Balaban J connectivity index is 1.78. The largest absolute Gasteiger partial charge is 0.353 e. The molecule has 0 radical (unpaired) electrons. The molecule has 1 aromatic rings. The van der Waals surface area contributed by atoms with Crippen LogP contribution >= 0.6 is 0 Å². The molecule has 0 saturated heterocycles. The van der Waals surface area contributed by atoms with Crippen LogP contribution in [0.25, 0.3) is 0 Å². The van der Waals surface area contributed by atoms with Crippen LogP contribution in [0.3, 0.4) is 0 Å². The summed E-state index contributed by atoms with van der Waals surface area (Å²) in [6.07, 6.45) is 9.84. The molecule has 1 amide bonds. The normalized spacial score (nSPS) is 26.9. The number of nitrogens with one attached hydrogen (secondary N) is 1. The van der Waals surface area contributed by atoms with Crippen molar-refractivity contribution in [2.75, 3.05) is 0 Å². The first-order valence-corrected chi connectivity index (χ1v) is 7.29. The molecule has 104 valence electrons. The Kier molecular flexibility index (Phi) is 4.56. The zero-order chi connectivity index (χ0) is 13.7. The zero-order valence-corrected chi connectivity index (χ0v) is 12.0. The van der Waals surface area contributed by atoms with Gasteiger partial charge in [-0.2, -0.15) is 0 Å². The van der Waals surface area contributed by atoms with Crippen molar-refractivity contribution in [3.8, 4) is 0 Å². The third-order valence-electron chi connectivity index (χ3n) is 4.50. The Hall–Kier alpha value is -1.38. The average molecular weight is 260 g/mol. The van der Waals surface area contributed by atoms with Crippen molar-refractivity contribution in [3.63, 3.8) is 0 Å². The highest BCUT2D eigenvalue weighted by atomic mass is 16.1. The summed E-state index contributed by atoms with van der Waals surface area (Å²) >= 11 is 0. The van der Waals surface area contributed by atoms with Crippen LogP contribution in [0.2, 0.25) is 0 Å². The Labute approximate surface area is 115 Å². The lowest BCUT2D eigenvalue weighted by molar-refractivity contribution is -0.121. The summed E-state index contributed by atoms with van der Waals surface area (Å²) in [5, 5.41) is 3.16. The van der Waals surface area contributed by atoms with Gasteiger partial charge in [0.1, 0.15) is 0 Å². The molecule has 1 aliphatic carbocycles. The second kappa shape index (κ2) is 6.18. The second-order valence-corrected chi connectivity index (χ2v) is 6.04. The van der Waals surface area contributed by atoms with Gasteiger partial charge < -0.3 is 5.32 Å². The maximum absolute atomic E-state index is 12.0. The minimum absolute atomic E-state index is 0.123. The molecule has 0 aromatic carbocycles. The Morgan fingerprint density at radius 2 is 2.21 bits per heavy atom. The number of hydrogen-bond acceptors (Lipinski definition) is 2. The molecule has 1 aromatic heterocycles. The Morgan fingerprint density at radius 1 is 1.47 bits per heavy atom. The third-order valence-corrected chi connectivity index (χ3v) is 4.50. The molecule has 19 heavy (non-hydrogen) atoms. The molecule has 1 fully saturated rings. The lowest BCUT2D eigenvalue weighted by Crippen LogP contribution is -2.40. The van der Waals surface area contributed by atoms with Crippen LogP contribution in [0.1, 0.15) is 51.5 Å². The average Bonchev–Trinajstić information content (AvgIpc) is 2.43. The minimum Gasteiger partial charge on any atom is -0.353 e. The van der Waals surface area contributed by atoms with Crippen molar-refractivity contribution in [3.05, 3.63) is 30.1 Å². The monoisotopic (exact) mass is 260 g/mol. The standard InChI is InChI=1S/C16H24N2O/c1-3-16(2)8-6-14(7-9-16)18-15(19)11-13-5-4-10-17-12-13/h4-5,10,12,14H,3,6-9,11H2,1-2H3,(H,18,19). The summed E-state index contributed by atoms with van der Waals surface area (Å²) in [6, 6.07) is 4.18. The highest BCUT2D eigenvalue weighted by Gasteiger charge is 2.29. The topological polar surface area (TPSA) is 42.0 Å². The van der Waals surface area contributed by atoms with Crippen LogP contribution in [0.5, 0.6) is 0 Å². The Bertz CT molecular complexity index is 408. The van der Waals surface area contributed by atoms with Gasteiger partial charge in [0, 0.05) is 18.4 Å².